The quantitative estimate of drug-likeness (QED) is 0.0158. The molecule has 4 aromatic rings. The van der Waals surface area contributed by atoms with E-state index in [0.717, 1.165) is 22.3 Å². The number of hydrogen-bond acceptors (Lipinski definition) is 16. The molecule has 9 amide bonds. The Hall–Kier alpha value is -9.59. The van der Waals surface area contributed by atoms with Crippen LogP contribution in [0.15, 0.2) is 103 Å². The van der Waals surface area contributed by atoms with E-state index in [1.54, 1.807) is 89.2 Å². The molecule has 7 atom stereocenters. The molecule has 4 aromatic carbocycles. The van der Waals surface area contributed by atoms with Gasteiger partial charge in [0.2, 0.25) is 41.4 Å². The number of nitrogens with two attached hydrogens (primary N) is 2. The fourth-order valence-corrected chi connectivity index (χ4v) is 10.4. The predicted octanol–water partition coefficient (Wildman–Crippen LogP) is 5.21. The van der Waals surface area contributed by atoms with E-state index in [0.29, 0.717) is 36.1 Å². The van der Waals surface area contributed by atoms with Gasteiger partial charge in [0.15, 0.2) is 0 Å². The number of carbonyl (C=O) groups excluding carboxylic acids is 10. The van der Waals surface area contributed by atoms with E-state index in [9.17, 15) is 57.8 Å². The number of carboxylic acid groups (broad SMARTS) is 1. The molecule has 0 unspecified atom stereocenters. The number of alkyl carbamates (subject to hydrolysis) is 2. The number of hydrogen-bond donors (Lipinski definition) is 11. The fraction of sp³-hybridized carbons (Fsp3) is 0.493. The van der Waals surface area contributed by atoms with Gasteiger partial charge in [0.25, 0.3) is 0 Å². The second-order valence-electron chi connectivity index (χ2n) is 25.8. The van der Waals surface area contributed by atoms with Crippen LogP contribution >= 0.6 is 0 Å². The molecule has 0 aromatic heterocycles. The first-order chi connectivity index (χ1) is 44.9. The normalized spacial score (nSPS) is 14.1. The fourth-order valence-electron chi connectivity index (χ4n) is 10.4. The highest BCUT2D eigenvalue weighted by atomic mass is 16.6. The Morgan fingerprint density at radius 3 is 1.58 bits per heavy atom. The maximum Gasteiger partial charge on any atom is 0.407 e. The molecule has 95 heavy (non-hydrogen) atoms. The van der Waals surface area contributed by atoms with Gasteiger partial charge in [0.05, 0.1) is 12.8 Å². The van der Waals surface area contributed by atoms with E-state index >= 15 is 0 Å². The summed E-state index contributed by atoms with van der Waals surface area (Å²) in [6.07, 6.45) is -2.31. The summed E-state index contributed by atoms with van der Waals surface area (Å²) in [5, 5.41) is 30.5. The van der Waals surface area contributed by atoms with Crippen LogP contribution in [0.3, 0.4) is 0 Å². The number of esters is 1. The number of benzene rings is 4. The minimum atomic E-state index is -1.80. The Labute approximate surface area is 554 Å². The number of carbonyl (C=O) groups is 11. The smallest absolute Gasteiger partial charge is 0.407 e. The highest BCUT2D eigenvalue weighted by Gasteiger charge is 2.36. The van der Waals surface area contributed by atoms with Gasteiger partial charge in [-0.15, -0.1) is 0 Å². The molecular weight excluding hydrogens is 1220 g/mol. The molecule has 0 spiro atoms. The molecule has 0 radical (unpaired) electrons. The lowest BCUT2D eigenvalue weighted by Crippen LogP contribution is -2.60. The van der Waals surface area contributed by atoms with Crippen LogP contribution in [0.1, 0.15) is 148 Å². The zero-order valence-corrected chi connectivity index (χ0v) is 55.6. The van der Waals surface area contributed by atoms with E-state index in [1.807, 2.05) is 69.3 Å². The lowest BCUT2D eigenvalue weighted by molar-refractivity contribution is -0.153. The molecule has 0 heterocycles. The van der Waals surface area contributed by atoms with Crippen molar-refractivity contribution in [1.82, 2.24) is 42.5 Å². The summed E-state index contributed by atoms with van der Waals surface area (Å²) in [5.41, 5.74) is 15.2. The first-order valence-electron chi connectivity index (χ1n) is 32.0. The van der Waals surface area contributed by atoms with Crippen molar-refractivity contribution in [3.8, 4) is 16.9 Å². The van der Waals surface area contributed by atoms with Crippen molar-refractivity contribution in [1.29, 1.82) is 0 Å². The van der Waals surface area contributed by atoms with Crippen LogP contribution in [0, 0.1) is 5.92 Å². The molecule has 26 heteroatoms. The topological polar surface area (TPSA) is 393 Å². The minimum Gasteiger partial charge on any atom is -0.488 e. The van der Waals surface area contributed by atoms with Crippen molar-refractivity contribution in [2.24, 2.45) is 17.4 Å². The summed E-state index contributed by atoms with van der Waals surface area (Å²) in [6, 6.07) is 20.3. The number of carboxylic acids is 1. The summed E-state index contributed by atoms with van der Waals surface area (Å²) in [5.74, 6) is -9.24. The number of ether oxygens (including phenoxy) is 4. The lowest BCUT2D eigenvalue weighted by Gasteiger charge is -2.28. The van der Waals surface area contributed by atoms with Crippen molar-refractivity contribution in [3.63, 3.8) is 0 Å². The van der Waals surface area contributed by atoms with Crippen molar-refractivity contribution in [3.05, 3.63) is 125 Å². The maximum atomic E-state index is 14.9. The van der Waals surface area contributed by atoms with Crippen LogP contribution < -0.4 is 58.7 Å². The number of nitrogens with one attached hydrogen (secondary N) is 8. The Kier molecular flexibility index (Phi) is 29.4. The summed E-state index contributed by atoms with van der Waals surface area (Å²) < 4.78 is 22.4. The Morgan fingerprint density at radius 2 is 1.02 bits per heavy atom. The first kappa shape index (κ1) is 76.1. The average molecular weight is 1320 g/mol. The van der Waals surface area contributed by atoms with Crippen LogP contribution in [-0.4, -0.2) is 144 Å². The van der Waals surface area contributed by atoms with Gasteiger partial charge in [-0.3, -0.25) is 38.4 Å². The number of unbranched alkanes of at least 4 members (excludes halogenated alkanes) is 2. The number of aliphatic carboxylic acids is 1. The Morgan fingerprint density at radius 1 is 0.516 bits per heavy atom. The summed E-state index contributed by atoms with van der Waals surface area (Å²) >= 11 is 0. The van der Waals surface area contributed by atoms with E-state index in [2.05, 4.69) is 42.5 Å². The molecule has 13 N–H and O–H groups in total. The molecule has 0 fully saturated rings. The van der Waals surface area contributed by atoms with Crippen molar-refractivity contribution < 1.29 is 76.8 Å². The van der Waals surface area contributed by atoms with Gasteiger partial charge in [-0.2, -0.15) is 0 Å². The second-order valence-corrected chi connectivity index (χ2v) is 25.8. The molecule has 0 bridgehead atoms. The van der Waals surface area contributed by atoms with Gasteiger partial charge in [-0.05, 0) is 151 Å². The van der Waals surface area contributed by atoms with Crippen molar-refractivity contribution in [2.75, 3.05) is 19.7 Å². The molecule has 1 aliphatic rings. The van der Waals surface area contributed by atoms with E-state index in [-0.39, 0.29) is 70.2 Å². The summed E-state index contributed by atoms with van der Waals surface area (Å²) in [7, 11) is 0. The summed E-state index contributed by atoms with van der Waals surface area (Å²) in [4.78, 5) is 150. The van der Waals surface area contributed by atoms with Gasteiger partial charge >= 0.3 is 24.1 Å². The van der Waals surface area contributed by atoms with Gasteiger partial charge < -0.3 is 78.1 Å². The number of fused-ring (bicyclic) bond motifs is 3. The SMILES string of the molecule is CC(C)C[C@H](NC(=O)[C@H](Cc1ccc(OC(C)(C)C)cc1)NC(=O)[C@H](CCCCN)NC(=O)[C@H](CCCCNC(=O)OC(C)(C)C)NC(=O)[C@H](C)NC(=O)OCC1c2ccccc2-c2ccccc21)C(=O)N[C@@H](CC(N)=O)C(=O)N[C@@H](CC(=O)O)C(=O)OCc1ccccc1. The maximum absolute atomic E-state index is 14.9. The molecule has 0 saturated heterocycles. The molecule has 5 rings (SSSR count). The third kappa shape index (κ3) is 26.4. The zero-order chi connectivity index (χ0) is 70.0. The largest absolute Gasteiger partial charge is 0.488 e. The number of primary amides is 1. The zero-order valence-electron chi connectivity index (χ0n) is 55.6. The van der Waals surface area contributed by atoms with Crippen LogP contribution in [0.4, 0.5) is 9.59 Å². The van der Waals surface area contributed by atoms with Crippen LogP contribution in [0.25, 0.3) is 11.1 Å². The van der Waals surface area contributed by atoms with Crippen molar-refractivity contribution in [2.45, 2.75) is 193 Å². The number of rotatable bonds is 36. The predicted molar refractivity (Wildman–Crippen MR) is 353 cm³/mol. The van der Waals surface area contributed by atoms with E-state index in [4.69, 9.17) is 30.4 Å². The van der Waals surface area contributed by atoms with Gasteiger partial charge in [0.1, 0.15) is 72.5 Å². The lowest BCUT2D eigenvalue weighted by atomic mass is 9.98. The first-order valence-corrected chi connectivity index (χ1v) is 32.0. The molecule has 1 aliphatic carbocycles. The Bertz CT molecular complexity index is 3230. The van der Waals surface area contributed by atoms with Gasteiger partial charge in [-0.25, -0.2) is 14.4 Å². The molecule has 0 aliphatic heterocycles. The van der Waals surface area contributed by atoms with Crippen LogP contribution in [0.5, 0.6) is 5.75 Å². The molecule has 0 saturated carbocycles. The van der Waals surface area contributed by atoms with Crippen LogP contribution in [0.2, 0.25) is 0 Å². The van der Waals surface area contributed by atoms with Gasteiger partial charge in [0, 0.05) is 18.9 Å². The number of amides is 9. The molecule has 26 nitrogen and oxygen atoms in total. The van der Waals surface area contributed by atoms with E-state index < -0.39 is 132 Å². The third-order valence-electron chi connectivity index (χ3n) is 14.9. The van der Waals surface area contributed by atoms with Gasteiger partial charge in [-0.1, -0.05) is 105 Å². The molecule has 516 valence electrons. The standard InChI is InChI=1S/C69H94N10O16/c1-41(2)35-53(62(86)78-55(37-57(71)80)64(88)79-56(38-58(81)82)65(89)92-39-44-21-11-10-12-22-44)76-63(87)54(36-43-29-31-45(32-30-43)94-68(4,5)6)77-61(85)52(27-17-19-33-70)75-60(84)51(28-18-20-34-72-66(90)95-69(7,8)9)74-59(83)42(3)73-67(91)93-40-50-48-25-15-13-23-46(48)47-24-14-16-26-49(47)50/h10-16,21-26,29-32,41-42,50-56H,17-20,27-28,33-40,70H2,1-9H3,(H2,71,80)(H,72,90)(H,73,91)(H,74,83)(H,75,84)(H,76,87)(H,77,85)(H,78,86)(H,79,88)(H,81,82)/t42-,51-,52-,53-,54-,55-,56-/m0/s1. The monoisotopic (exact) mass is 1320 g/mol. The average Bonchev–Trinajstić information content (AvgIpc) is 1.62. The summed E-state index contributed by atoms with van der Waals surface area (Å²) in [6.45, 7) is 15.7. The van der Waals surface area contributed by atoms with Crippen LogP contribution in [-0.2, 0) is 70.4 Å². The Balaban J connectivity index is 1.38. The highest BCUT2D eigenvalue weighted by molar-refractivity contribution is 5.98. The highest BCUT2D eigenvalue weighted by Crippen LogP contribution is 2.44. The van der Waals surface area contributed by atoms with E-state index in [1.165, 1.54) is 6.92 Å². The van der Waals surface area contributed by atoms with Crippen molar-refractivity contribution >= 4 is 65.5 Å². The second kappa shape index (κ2) is 36.8. The minimum absolute atomic E-state index is 0.0120. The molecular formula is C69H94N10O16. The third-order valence-corrected chi connectivity index (χ3v) is 14.9.